The lowest BCUT2D eigenvalue weighted by Crippen LogP contribution is -2.38. The molecule has 0 saturated heterocycles. The summed E-state index contributed by atoms with van der Waals surface area (Å²) in [6, 6.07) is 5.29. The number of aryl methyl sites for hydroxylation is 1. The van der Waals surface area contributed by atoms with E-state index in [1.54, 1.807) is 24.3 Å². The van der Waals surface area contributed by atoms with Crippen molar-refractivity contribution in [2.45, 2.75) is 32.1 Å². The summed E-state index contributed by atoms with van der Waals surface area (Å²) in [6.45, 7) is 1.37. The predicted octanol–water partition coefficient (Wildman–Crippen LogP) is 1.86. The third kappa shape index (κ3) is 4.26. The van der Waals surface area contributed by atoms with Crippen LogP contribution in [0.5, 0.6) is 0 Å². The number of amides is 4. The van der Waals surface area contributed by atoms with Gasteiger partial charge in [-0.3, -0.25) is 24.1 Å². The van der Waals surface area contributed by atoms with Crippen LogP contribution < -0.4 is 10.6 Å². The zero-order valence-electron chi connectivity index (χ0n) is 16.1. The highest BCUT2D eigenvalue weighted by molar-refractivity contribution is 6.09. The van der Waals surface area contributed by atoms with Crippen molar-refractivity contribution >= 4 is 29.8 Å². The number of fused-ring (bicyclic) bond motifs is 1. The number of imide groups is 1. The van der Waals surface area contributed by atoms with E-state index in [2.05, 4.69) is 0 Å². The van der Waals surface area contributed by atoms with Gasteiger partial charge in [0.15, 0.2) is 0 Å². The number of anilines is 1. The summed E-state index contributed by atoms with van der Waals surface area (Å²) in [4.78, 5) is 50.6. The van der Waals surface area contributed by atoms with E-state index in [1.165, 1.54) is 11.0 Å². The maximum absolute atomic E-state index is 13.9. The van der Waals surface area contributed by atoms with Gasteiger partial charge >= 0.3 is 0 Å². The van der Waals surface area contributed by atoms with Crippen molar-refractivity contribution in [3.05, 3.63) is 52.9 Å². The van der Waals surface area contributed by atoms with Crippen molar-refractivity contribution in [1.82, 2.24) is 4.90 Å². The number of allylic oxidation sites excluding steroid dienone is 2. The first-order valence-electron chi connectivity index (χ1n) is 9.32. The molecule has 0 bridgehead atoms. The lowest BCUT2D eigenvalue weighted by Gasteiger charge is -2.20. The highest BCUT2D eigenvalue weighted by atomic mass is 19.1. The number of nitrogens with two attached hydrogens (primary N) is 1. The second-order valence-corrected chi connectivity index (χ2v) is 7.20. The minimum absolute atomic E-state index is 0.183. The second-order valence-electron chi connectivity index (χ2n) is 7.20. The number of halogens is 1. The van der Waals surface area contributed by atoms with Crippen LogP contribution in [0.3, 0.4) is 0 Å². The van der Waals surface area contributed by atoms with E-state index in [1.807, 2.05) is 6.92 Å². The Hall–Kier alpha value is -3.29. The predicted molar refractivity (Wildman–Crippen MR) is 104 cm³/mol. The molecule has 4 amide bonds. The molecule has 1 aromatic rings. The zero-order valence-corrected chi connectivity index (χ0v) is 16.1. The highest BCUT2D eigenvalue weighted by Crippen LogP contribution is 2.40. The number of rotatable bonds is 7. The minimum Gasteiger partial charge on any atom is -0.368 e. The molecule has 0 fully saturated rings. The molecule has 2 aliphatic rings. The third-order valence-electron chi connectivity index (χ3n) is 5.08. The van der Waals surface area contributed by atoms with Crippen molar-refractivity contribution < 1.29 is 23.6 Å². The Kier molecular flexibility index (Phi) is 5.91. The van der Waals surface area contributed by atoms with Gasteiger partial charge in [0.25, 0.3) is 0 Å². The summed E-state index contributed by atoms with van der Waals surface area (Å²) < 4.78 is 13.9. The van der Waals surface area contributed by atoms with Crippen LogP contribution >= 0.6 is 0 Å². The summed E-state index contributed by atoms with van der Waals surface area (Å²) in [5.41, 5.74) is 7.56. The van der Waals surface area contributed by atoms with Crippen LogP contribution in [0.2, 0.25) is 0 Å². The van der Waals surface area contributed by atoms with Gasteiger partial charge in [-0.15, -0.1) is 0 Å². The average Bonchev–Trinajstić information content (AvgIpc) is 2.92. The summed E-state index contributed by atoms with van der Waals surface area (Å²) in [5, 5.41) is 0. The second kappa shape index (κ2) is 8.38. The van der Waals surface area contributed by atoms with Crippen LogP contribution in [0.1, 0.15) is 36.3 Å². The fraction of sp³-hybridized carbons (Fsp3) is 0.333. The molecule has 1 heterocycles. The first-order valence-corrected chi connectivity index (χ1v) is 9.32. The number of carbonyl (C=O) groups is 4. The highest BCUT2D eigenvalue weighted by Gasteiger charge is 2.39. The Morgan fingerprint density at radius 3 is 2.69 bits per heavy atom. The van der Waals surface area contributed by atoms with Crippen molar-refractivity contribution in [3.63, 3.8) is 0 Å². The average molecular weight is 399 g/mol. The maximum atomic E-state index is 13.9. The lowest BCUT2D eigenvalue weighted by molar-refractivity contribution is -0.139. The Bertz CT molecular complexity index is 938. The summed E-state index contributed by atoms with van der Waals surface area (Å²) in [7, 11) is 0. The molecule has 0 radical (unpaired) electrons. The number of hydrogen-bond donors (Lipinski definition) is 1. The van der Waals surface area contributed by atoms with Gasteiger partial charge in [-0.1, -0.05) is 23.8 Å². The molecular weight excluding hydrogens is 377 g/mol. The van der Waals surface area contributed by atoms with Crippen LogP contribution in [0.4, 0.5) is 10.1 Å². The fourth-order valence-corrected chi connectivity index (χ4v) is 3.65. The van der Waals surface area contributed by atoms with Crippen LogP contribution in [0.25, 0.3) is 0 Å². The van der Waals surface area contributed by atoms with E-state index in [0.29, 0.717) is 30.5 Å². The molecule has 1 aliphatic heterocycles. The van der Waals surface area contributed by atoms with E-state index in [0.717, 1.165) is 10.5 Å². The number of hydrogen-bond acceptors (Lipinski definition) is 4. The van der Waals surface area contributed by atoms with Crippen LogP contribution in [-0.4, -0.2) is 42.1 Å². The van der Waals surface area contributed by atoms with E-state index in [-0.39, 0.29) is 25.1 Å². The monoisotopic (exact) mass is 399 g/mol. The normalized spacial score (nSPS) is 18.1. The number of nitrogens with zero attached hydrogens (tertiary/aromatic N) is 2. The van der Waals surface area contributed by atoms with Gasteiger partial charge in [0, 0.05) is 17.7 Å². The standard InChI is InChI=1S/C21H22FN3O4/c1-13-6-7-18-15(8-13)16(21(29)25(18)11-19(23)27)9-20(28)24(12-26)10-14-4-2-3-5-17(14)22/h4-8,12,16H,2-3,9-11H2,1H3,(H2,23,27)/t16-/m1/s1. The summed E-state index contributed by atoms with van der Waals surface area (Å²) in [5.74, 6) is -2.96. The van der Waals surface area contributed by atoms with Gasteiger partial charge in [0.1, 0.15) is 12.4 Å². The maximum Gasteiger partial charge on any atom is 0.237 e. The number of carbonyl (C=O) groups excluding carboxylic acids is 4. The first kappa shape index (κ1) is 20.4. The van der Waals surface area contributed by atoms with Crippen molar-refractivity contribution in [2.75, 3.05) is 18.0 Å². The Morgan fingerprint density at radius 2 is 2.03 bits per heavy atom. The minimum atomic E-state index is -0.833. The molecule has 1 atom stereocenters. The van der Waals surface area contributed by atoms with Gasteiger partial charge in [0.2, 0.25) is 24.1 Å². The van der Waals surface area contributed by atoms with Crippen LogP contribution in [0.15, 0.2) is 41.8 Å². The third-order valence-corrected chi connectivity index (χ3v) is 5.08. The fourth-order valence-electron chi connectivity index (χ4n) is 3.65. The Morgan fingerprint density at radius 1 is 1.31 bits per heavy atom. The molecular formula is C21H22FN3O4. The van der Waals surface area contributed by atoms with Crippen molar-refractivity contribution in [1.29, 1.82) is 0 Å². The van der Waals surface area contributed by atoms with Gasteiger partial charge < -0.3 is 10.6 Å². The molecule has 0 saturated carbocycles. The molecule has 1 aromatic carbocycles. The van der Waals surface area contributed by atoms with E-state index >= 15 is 0 Å². The molecule has 152 valence electrons. The zero-order chi connectivity index (χ0) is 21.1. The summed E-state index contributed by atoms with van der Waals surface area (Å²) in [6.07, 6.45) is 4.38. The molecule has 0 spiro atoms. The van der Waals surface area contributed by atoms with E-state index < -0.39 is 29.5 Å². The topological polar surface area (TPSA) is 101 Å². The molecule has 8 heteroatoms. The molecule has 1 aliphatic carbocycles. The first-order chi connectivity index (χ1) is 13.8. The largest absolute Gasteiger partial charge is 0.368 e. The van der Waals surface area contributed by atoms with Gasteiger partial charge in [-0.2, -0.15) is 0 Å². The van der Waals surface area contributed by atoms with Gasteiger partial charge in [-0.25, -0.2) is 4.39 Å². The SMILES string of the molecule is Cc1ccc2c(c1)[C@@H](CC(=O)N(C=O)CC1=CCCC=C1F)C(=O)N2CC(N)=O. The molecule has 7 nitrogen and oxygen atoms in total. The van der Waals surface area contributed by atoms with E-state index in [4.69, 9.17) is 5.73 Å². The van der Waals surface area contributed by atoms with Gasteiger partial charge in [0.05, 0.1) is 12.5 Å². The Labute approximate surface area is 167 Å². The molecule has 29 heavy (non-hydrogen) atoms. The molecule has 0 aromatic heterocycles. The number of primary amides is 1. The van der Waals surface area contributed by atoms with Crippen LogP contribution in [0, 0.1) is 6.92 Å². The Balaban J connectivity index is 1.81. The van der Waals surface area contributed by atoms with Gasteiger partial charge in [-0.05, 0) is 37.5 Å². The van der Waals surface area contributed by atoms with E-state index in [9.17, 15) is 23.6 Å². The molecule has 2 N–H and O–H groups in total. The molecule has 3 rings (SSSR count). The van der Waals surface area contributed by atoms with Crippen molar-refractivity contribution in [2.24, 2.45) is 5.73 Å². The number of benzene rings is 1. The smallest absolute Gasteiger partial charge is 0.237 e. The summed E-state index contributed by atoms with van der Waals surface area (Å²) >= 11 is 0. The quantitative estimate of drug-likeness (QED) is 0.707. The lowest BCUT2D eigenvalue weighted by atomic mass is 9.95. The molecule has 0 unspecified atom stereocenters. The van der Waals surface area contributed by atoms with Crippen molar-refractivity contribution in [3.8, 4) is 0 Å². The van der Waals surface area contributed by atoms with Crippen LogP contribution in [-0.2, 0) is 19.2 Å².